The largest absolute Gasteiger partial charge is 0.392 e. The van der Waals surface area contributed by atoms with Crippen molar-refractivity contribution in [1.29, 1.82) is 0 Å². The van der Waals surface area contributed by atoms with E-state index in [1.165, 1.54) is 16.7 Å². The van der Waals surface area contributed by atoms with Crippen molar-refractivity contribution in [2.24, 2.45) is 0 Å². The molecule has 1 N–H and O–H groups in total. The predicted molar refractivity (Wildman–Crippen MR) is 60.5 cm³/mol. The van der Waals surface area contributed by atoms with Crippen LogP contribution in [0.2, 0.25) is 0 Å². The second-order valence-electron chi connectivity index (χ2n) is 5.02. The zero-order valence-electron chi connectivity index (χ0n) is 9.81. The van der Waals surface area contributed by atoms with E-state index in [2.05, 4.69) is 46.8 Å². The molecule has 0 radical (unpaired) electrons. The van der Waals surface area contributed by atoms with Gasteiger partial charge in [-0.2, -0.15) is 0 Å². The van der Waals surface area contributed by atoms with Gasteiger partial charge in [-0.25, -0.2) is 0 Å². The van der Waals surface area contributed by atoms with Crippen molar-refractivity contribution >= 4 is 0 Å². The maximum atomic E-state index is 9.33. The maximum Gasteiger partial charge on any atom is 0.0684 e. The number of hydrogen-bond donors (Lipinski definition) is 1. The fraction of sp³-hybridized carbons (Fsp3) is 0.538. The zero-order valence-corrected chi connectivity index (χ0v) is 9.81. The van der Waals surface area contributed by atoms with E-state index in [0.29, 0.717) is 0 Å². The minimum atomic E-state index is 0.107. The second kappa shape index (κ2) is 3.74. The summed E-state index contributed by atoms with van der Waals surface area (Å²) in [7, 11) is 0. The Bertz CT molecular complexity index is 332. The van der Waals surface area contributed by atoms with Gasteiger partial charge in [-0.05, 0) is 36.0 Å². The summed E-state index contributed by atoms with van der Waals surface area (Å²) in [5.41, 5.74) is 4.96. The molecule has 0 aliphatic heterocycles. The average molecular weight is 192 g/mol. The Kier molecular flexibility index (Phi) is 3.01. The van der Waals surface area contributed by atoms with Gasteiger partial charge in [0.05, 0.1) is 6.61 Å². The highest BCUT2D eigenvalue weighted by atomic mass is 16.3. The quantitative estimate of drug-likeness (QED) is 0.725. The van der Waals surface area contributed by atoms with Crippen LogP contribution in [0.15, 0.2) is 12.1 Å². The zero-order chi connectivity index (χ0) is 10.9. The van der Waals surface area contributed by atoms with Crippen molar-refractivity contribution in [3.05, 3.63) is 34.4 Å². The fourth-order valence-corrected chi connectivity index (χ4v) is 2.25. The van der Waals surface area contributed by atoms with Gasteiger partial charge in [-0.15, -0.1) is 0 Å². The van der Waals surface area contributed by atoms with E-state index in [1.54, 1.807) is 0 Å². The first-order valence-electron chi connectivity index (χ1n) is 5.07. The molecule has 0 heterocycles. The molecule has 0 spiro atoms. The number of hydrogen-bond acceptors (Lipinski definition) is 1. The Morgan fingerprint density at radius 3 is 2.14 bits per heavy atom. The first-order chi connectivity index (χ1) is 6.36. The van der Waals surface area contributed by atoms with Crippen LogP contribution in [-0.2, 0) is 12.0 Å². The smallest absolute Gasteiger partial charge is 0.0684 e. The van der Waals surface area contributed by atoms with Gasteiger partial charge >= 0.3 is 0 Å². The van der Waals surface area contributed by atoms with Crippen LogP contribution in [0.3, 0.4) is 0 Å². The van der Waals surface area contributed by atoms with Crippen LogP contribution in [0.25, 0.3) is 0 Å². The Labute approximate surface area is 86.8 Å². The molecule has 0 atom stereocenters. The molecule has 0 aliphatic rings. The van der Waals surface area contributed by atoms with E-state index in [-0.39, 0.29) is 12.0 Å². The lowest BCUT2D eigenvalue weighted by molar-refractivity contribution is 0.278. The molecule has 1 aromatic carbocycles. The SMILES string of the molecule is Cc1cc(C)c(C(C)(C)C)c(CO)c1. The Balaban J connectivity index is 3.40. The molecule has 0 saturated carbocycles. The lowest BCUT2D eigenvalue weighted by Gasteiger charge is -2.25. The van der Waals surface area contributed by atoms with Gasteiger partial charge in [-0.3, -0.25) is 0 Å². The molecular weight excluding hydrogens is 172 g/mol. The number of rotatable bonds is 1. The van der Waals surface area contributed by atoms with Crippen LogP contribution >= 0.6 is 0 Å². The first-order valence-corrected chi connectivity index (χ1v) is 5.07. The fourth-order valence-electron chi connectivity index (χ4n) is 2.25. The summed E-state index contributed by atoms with van der Waals surface area (Å²) in [6.07, 6.45) is 0. The first kappa shape index (κ1) is 11.3. The molecule has 1 aromatic rings. The van der Waals surface area contributed by atoms with E-state index >= 15 is 0 Å². The summed E-state index contributed by atoms with van der Waals surface area (Å²) in [4.78, 5) is 0. The van der Waals surface area contributed by atoms with Gasteiger partial charge in [0, 0.05) is 0 Å². The molecule has 0 aliphatic carbocycles. The summed E-state index contributed by atoms with van der Waals surface area (Å²) in [5, 5.41) is 9.33. The highest BCUT2D eigenvalue weighted by molar-refractivity contribution is 5.42. The van der Waals surface area contributed by atoms with Gasteiger partial charge in [0.15, 0.2) is 0 Å². The molecule has 0 bridgehead atoms. The highest BCUT2D eigenvalue weighted by Gasteiger charge is 2.19. The minimum Gasteiger partial charge on any atom is -0.392 e. The summed E-state index contributed by atoms with van der Waals surface area (Å²) in [6, 6.07) is 4.26. The van der Waals surface area contributed by atoms with E-state index < -0.39 is 0 Å². The molecule has 0 fully saturated rings. The van der Waals surface area contributed by atoms with Crippen LogP contribution in [0.1, 0.15) is 43.0 Å². The molecule has 0 unspecified atom stereocenters. The van der Waals surface area contributed by atoms with Crippen LogP contribution in [0, 0.1) is 13.8 Å². The lowest BCUT2D eigenvalue weighted by Crippen LogP contribution is -2.16. The molecule has 0 saturated heterocycles. The van der Waals surface area contributed by atoms with Gasteiger partial charge in [0.1, 0.15) is 0 Å². The van der Waals surface area contributed by atoms with Gasteiger partial charge in [0.25, 0.3) is 0 Å². The van der Waals surface area contributed by atoms with Crippen molar-refractivity contribution in [2.75, 3.05) is 0 Å². The van der Waals surface area contributed by atoms with Gasteiger partial charge in [0.2, 0.25) is 0 Å². The van der Waals surface area contributed by atoms with Crippen LogP contribution < -0.4 is 0 Å². The Hall–Kier alpha value is -0.820. The molecule has 1 nitrogen and oxygen atoms in total. The second-order valence-corrected chi connectivity index (χ2v) is 5.02. The van der Waals surface area contributed by atoms with Gasteiger partial charge < -0.3 is 5.11 Å². The van der Waals surface area contributed by atoms with Gasteiger partial charge in [-0.1, -0.05) is 38.5 Å². The third-order valence-electron chi connectivity index (χ3n) is 2.48. The van der Waals surface area contributed by atoms with E-state index in [1.807, 2.05) is 0 Å². The molecule has 1 rings (SSSR count). The summed E-state index contributed by atoms with van der Waals surface area (Å²) in [6.45, 7) is 10.9. The average Bonchev–Trinajstić information content (AvgIpc) is 1.99. The molecule has 0 aromatic heterocycles. The Morgan fingerprint density at radius 2 is 1.71 bits per heavy atom. The highest BCUT2D eigenvalue weighted by Crippen LogP contribution is 2.30. The molecule has 0 amide bonds. The number of aliphatic hydroxyl groups excluding tert-OH is 1. The van der Waals surface area contributed by atoms with E-state index in [9.17, 15) is 5.11 Å². The van der Waals surface area contributed by atoms with Crippen molar-refractivity contribution < 1.29 is 5.11 Å². The standard InChI is InChI=1S/C13H20O/c1-9-6-10(2)12(13(3,4)5)11(7-9)8-14/h6-7,14H,8H2,1-5H3. The summed E-state index contributed by atoms with van der Waals surface area (Å²) in [5.74, 6) is 0. The third kappa shape index (κ3) is 2.16. The minimum absolute atomic E-state index is 0.107. The van der Waals surface area contributed by atoms with Crippen molar-refractivity contribution in [3.63, 3.8) is 0 Å². The van der Waals surface area contributed by atoms with Crippen LogP contribution in [0.4, 0.5) is 0 Å². The van der Waals surface area contributed by atoms with Crippen molar-refractivity contribution in [2.45, 2.75) is 46.6 Å². The topological polar surface area (TPSA) is 20.2 Å². The molecule has 14 heavy (non-hydrogen) atoms. The molecule has 1 heteroatoms. The van der Waals surface area contributed by atoms with Crippen LogP contribution in [-0.4, -0.2) is 5.11 Å². The number of aryl methyl sites for hydroxylation is 2. The predicted octanol–water partition coefficient (Wildman–Crippen LogP) is 3.09. The normalized spacial score (nSPS) is 11.9. The lowest BCUT2D eigenvalue weighted by atomic mass is 9.80. The third-order valence-corrected chi connectivity index (χ3v) is 2.48. The molecule has 78 valence electrons. The Morgan fingerprint density at radius 1 is 1.14 bits per heavy atom. The number of aliphatic hydroxyl groups is 1. The number of benzene rings is 1. The summed E-state index contributed by atoms with van der Waals surface area (Å²) < 4.78 is 0. The molecular formula is C13H20O. The van der Waals surface area contributed by atoms with E-state index in [4.69, 9.17) is 0 Å². The monoisotopic (exact) mass is 192 g/mol. The maximum absolute atomic E-state index is 9.33. The van der Waals surface area contributed by atoms with Crippen molar-refractivity contribution in [3.8, 4) is 0 Å². The van der Waals surface area contributed by atoms with Crippen molar-refractivity contribution in [1.82, 2.24) is 0 Å². The van der Waals surface area contributed by atoms with E-state index in [0.717, 1.165) is 5.56 Å². The van der Waals surface area contributed by atoms with Crippen LogP contribution in [0.5, 0.6) is 0 Å². The summed E-state index contributed by atoms with van der Waals surface area (Å²) >= 11 is 0.